The monoisotopic (exact) mass is 156 g/mol. The van der Waals surface area contributed by atoms with Gasteiger partial charge in [-0.25, -0.2) is 0 Å². The third-order valence-electron chi connectivity index (χ3n) is 1.13. The van der Waals surface area contributed by atoms with Crippen molar-refractivity contribution in [3.63, 3.8) is 0 Å². The molecule has 0 aromatic carbocycles. The summed E-state index contributed by atoms with van der Waals surface area (Å²) in [6.45, 7) is -0.228. The number of carboxylic acid groups (broad SMARTS) is 1. The minimum Gasteiger partial charge on any atom is -0.546 e. The van der Waals surface area contributed by atoms with Gasteiger partial charge >= 0.3 is 0 Å². The highest BCUT2D eigenvalue weighted by atomic mass is 16.4. The van der Waals surface area contributed by atoms with E-state index in [2.05, 4.69) is 10.5 Å². The number of nitrogens with one attached hydrogen (secondary N) is 1. The minimum atomic E-state index is -1.16. The van der Waals surface area contributed by atoms with E-state index >= 15 is 0 Å². The molecule has 0 bridgehead atoms. The third kappa shape index (κ3) is 1.92. The van der Waals surface area contributed by atoms with E-state index in [9.17, 15) is 9.90 Å². The Kier molecular flexibility index (Phi) is 2.05. The van der Waals surface area contributed by atoms with Crippen molar-refractivity contribution in [2.75, 3.05) is 12.5 Å². The first kappa shape index (κ1) is 7.52. The van der Waals surface area contributed by atoms with Crippen LogP contribution in [0.4, 0.5) is 0 Å². The summed E-state index contributed by atoms with van der Waals surface area (Å²) >= 11 is 0. The van der Waals surface area contributed by atoms with E-state index in [0.29, 0.717) is 0 Å². The Bertz CT molecular complexity index is 257. The fourth-order valence-electron chi connectivity index (χ4n) is 0.655. The maximum atomic E-state index is 10.1. The number of carbonyl (C=O) groups is 1. The van der Waals surface area contributed by atoms with E-state index in [-0.39, 0.29) is 6.54 Å². The Balaban J connectivity index is 2.65. The molecule has 1 aromatic rings. The molecule has 0 saturated heterocycles. The summed E-state index contributed by atoms with van der Waals surface area (Å²) in [5.41, 5.74) is 2.74. The van der Waals surface area contributed by atoms with E-state index in [1.807, 2.05) is 0 Å². The lowest BCUT2D eigenvalue weighted by molar-refractivity contribution is -0.745. The molecular formula is C5H8N4O2. The summed E-state index contributed by atoms with van der Waals surface area (Å²) in [6, 6.07) is 0. The predicted octanol–water partition coefficient (Wildman–Crippen LogP) is -2.91. The number of aliphatic carboxylic acids is 1. The van der Waals surface area contributed by atoms with Gasteiger partial charge in [0, 0.05) is 7.05 Å². The van der Waals surface area contributed by atoms with Crippen molar-refractivity contribution < 1.29 is 14.6 Å². The molecule has 0 saturated carbocycles. The van der Waals surface area contributed by atoms with Crippen LogP contribution in [0.25, 0.3) is 0 Å². The summed E-state index contributed by atoms with van der Waals surface area (Å²) in [5.74, 6) is -1.16. The smallest absolute Gasteiger partial charge is 0.289 e. The van der Waals surface area contributed by atoms with Crippen LogP contribution in [-0.4, -0.2) is 22.8 Å². The van der Waals surface area contributed by atoms with Crippen molar-refractivity contribution in [2.45, 2.75) is 6.54 Å². The second kappa shape index (κ2) is 3.00. The third-order valence-corrected chi connectivity index (χ3v) is 1.13. The molecule has 0 amide bonds. The molecule has 1 aromatic heterocycles. The van der Waals surface area contributed by atoms with Gasteiger partial charge in [0.05, 0.1) is 5.97 Å². The number of carboxylic acids is 1. The zero-order chi connectivity index (χ0) is 8.27. The molecule has 0 aliphatic heterocycles. The lowest BCUT2D eigenvalue weighted by Gasteiger charge is -1.93. The number of rotatable bonds is 3. The van der Waals surface area contributed by atoms with Crippen molar-refractivity contribution in [3.05, 3.63) is 12.7 Å². The van der Waals surface area contributed by atoms with Gasteiger partial charge in [0.15, 0.2) is 6.54 Å². The molecule has 60 valence electrons. The summed E-state index contributed by atoms with van der Waals surface area (Å²) in [4.78, 5) is 10.1. The van der Waals surface area contributed by atoms with Gasteiger partial charge < -0.3 is 9.90 Å². The second-order valence-electron chi connectivity index (χ2n) is 1.95. The Morgan fingerprint density at radius 1 is 1.91 bits per heavy atom. The van der Waals surface area contributed by atoms with Crippen molar-refractivity contribution in [3.8, 4) is 0 Å². The molecule has 1 heterocycles. The fraction of sp³-hybridized carbons (Fsp3) is 0.400. The quantitative estimate of drug-likeness (QED) is 0.476. The zero-order valence-corrected chi connectivity index (χ0v) is 6.02. The molecule has 0 unspecified atom stereocenters. The molecule has 1 N–H and O–H groups in total. The van der Waals surface area contributed by atoms with Gasteiger partial charge in [0.2, 0.25) is 6.33 Å². The van der Waals surface area contributed by atoms with Gasteiger partial charge in [0.25, 0.3) is 6.33 Å². The molecule has 0 atom stereocenters. The summed E-state index contributed by atoms with van der Waals surface area (Å²) in [6.07, 6.45) is 2.97. The SMILES string of the molecule is CNn1cn[n+](CC(=O)[O-])c1. The van der Waals surface area contributed by atoms with Crippen molar-refractivity contribution in [1.82, 2.24) is 9.77 Å². The van der Waals surface area contributed by atoms with Crippen molar-refractivity contribution in [2.24, 2.45) is 0 Å². The molecule has 0 aliphatic carbocycles. The van der Waals surface area contributed by atoms with Crippen LogP contribution in [0.15, 0.2) is 12.7 Å². The second-order valence-corrected chi connectivity index (χ2v) is 1.95. The highest BCUT2D eigenvalue weighted by molar-refractivity contribution is 5.62. The standard InChI is InChI=1S/C5H8N4O2/c1-6-9-3-7-8(4-9)2-5(10)11/h3-4,6H,2H2,1H3. The highest BCUT2D eigenvalue weighted by Crippen LogP contribution is 1.70. The van der Waals surface area contributed by atoms with Crippen LogP contribution in [0.5, 0.6) is 0 Å². The van der Waals surface area contributed by atoms with Gasteiger partial charge in [-0.3, -0.25) is 5.43 Å². The van der Waals surface area contributed by atoms with E-state index in [1.165, 1.54) is 22.0 Å². The Labute approximate surface area is 63.0 Å². The van der Waals surface area contributed by atoms with Gasteiger partial charge in [0.1, 0.15) is 0 Å². The minimum absolute atomic E-state index is 0.228. The van der Waals surface area contributed by atoms with Crippen LogP contribution in [0.3, 0.4) is 0 Å². The van der Waals surface area contributed by atoms with Crippen LogP contribution < -0.4 is 15.2 Å². The van der Waals surface area contributed by atoms with Gasteiger partial charge in [-0.05, 0) is 5.10 Å². The highest BCUT2D eigenvalue weighted by Gasteiger charge is 2.02. The van der Waals surface area contributed by atoms with Crippen LogP contribution in [0, 0.1) is 0 Å². The van der Waals surface area contributed by atoms with Crippen LogP contribution in [0.1, 0.15) is 0 Å². The molecule has 0 spiro atoms. The molecule has 0 fully saturated rings. The Hall–Kier alpha value is -1.59. The average molecular weight is 156 g/mol. The number of nitrogens with zero attached hydrogens (tertiary/aromatic N) is 3. The molecule has 6 nitrogen and oxygen atoms in total. The van der Waals surface area contributed by atoms with E-state index in [4.69, 9.17) is 0 Å². The van der Waals surface area contributed by atoms with Gasteiger partial charge in [-0.2, -0.15) is 0 Å². The predicted molar refractivity (Wildman–Crippen MR) is 32.7 cm³/mol. The van der Waals surface area contributed by atoms with Crippen LogP contribution >= 0.6 is 0 Å². The zero-order valence-electron chi connectivity index (χ0n) is 6.02. The maximum absolute atomic E-state index is 10.1. The van der Waals surface area contributed by atoms with E-state index in [1.54, 1.807) is 7.05 Å². The van der Waals surface area contributed by atoms with Crippen LogP contribution in [0.2, 0.25) is 0 Å². The molecule has 0 aliphatic rings. The first-order valence-electron chi connectivity index (χ1n) is 3.03. The van der Waals surface area contributed by atoms with Crippen molar-refractivity contribution >= 4 is 5.97 Å². The number of hydrogen-bond acceptors (Lipinski definition) is 4. The normalized spacial score (nSPS) is 9.55. The number of hydrogen-bond donors (Lipinski definition) is 1. The fourth-order valence-corrected chi connectivity index (χ4v) is 0.655. The summed E-state index contributed by atoms with van der Waals surface area (Å²) < 4.78 is 2.79. The van der Waals surface area contributed by atoms with E-state index in [0.717, 1.165) is 0 Å². The number of aromatic nitrogens is 3. The largest absolute Gasteiger partial charge is 0.546 e. The topological polar surface area (TPSA) is 73.9 Å². The van der Waals surface area contributed by atoms with Crippen molar-refractivity contribution in [1.29, 1.82) is 0 Å². The molecule has 6 heteroatoms. The Morgan fingerprint density at radius 2 is 2.64 bits per heavy atom. The molecular weight excluding hydrogens is 148 g/mol. The lowest BCUT2D eigenvalue weighted by atomic mass is 10.7. The first-order valence-corrected chi connectivity index (χ1v) is 3.03. The van der Waals surface area contributed by atoms with Gasteiger partial charge in [-0.1, -0.05) is 0 Å². The summed E-state index contributed by atoms with van der Waals surface area (Å²) in [5, 5.41) is 13.8. The molecule has 0 radical (unpaired) electrons. The summed E-state index contributed by atoms with van der Waals surface area (Å²) in [7, 11) is 1.70. The van der Waals surface area contributed by atoms with Crippen LogP contribution in [-0.2, 0) is 11.3 Å². The first-order chi connectivity index (χ1) is 5.22. The number of carbonyl (C=O) groups excluding carboxylic acids is 1. The van der Waals surface area contributed by atoms with E-state index < -0.39 is 5.97 Å². The average Bonchev–Trinajstić information content (AvgIpc) is 2.34. The lowest BCUT2D eigenvalue weighted by Crippen LogP contribution is -2.44. The molecule has 11 heavy (non-hydrogen) atoms. The Morgan fingerprint density at radius 3 is 3.09 bits per heavy atom. The van der Waals surface area contributed by atoms with Gasteiger partial charge in [-0.15, -0.1) is 9.36 Å². The maximum Gasteiger partial charge on any atom is 0.289 e. The molecule has 1 rings (SSSR count).